The summed E-state index contributed by atoms with van der Waals surface area (Å²) >= 11 is 0. The van der Waals surface area contributed by atoms with Crippen LogP contribution in [0.4, 0.5) is 51.2 Å². The van der Waals surface area contributed by atoms with Crippen LogP contribution in [-0.2, 0) is 43.3 Å². The molecular formula is C76H92BN3. The Morgan fingerprint density at radius 3 is 1.25 bits per heavy atom. The highest BCUT2D eigenvalue weighted by Crippen LogP contribution is 2.55. The molecule has 5 aliphatic rings. The fraction of sp³-hybridized carbons (Fsp3) is 0.447. The van der Waals surface area contributed by atoms with Gasteiger partial charge in [0.1, 0.15) is 0 Å². The lowest BCUT2D eigenvalue weighted by Gasteiger charge is -2.48. The van der Waals surface area contributed by atoms with E-state index in [2.05, 4.69) is 275 Å². The van der Waals surface area contributed by atoms with Crippen molar-refractivity contribution in [3.05, 3.63) is 177 Å². The Kier molecular flexibility index (Phi) is 12.1. The lowest BCUT2D eigenvalue weighted by molar-refractivity contribution is 0.331. The van der Waals surface area contributed by atoms with Gasteiger partial charge in [0, 0.05) is 51.2 Å². The summed E-state index contributed by atoms with van der Waals surface area (Å²) in [4.78, 5) is 7.96. The number of hydrogen-bond acceptors (Lipinski definition) is 3. The monoisotopic (exact) mass is 1060 g/mol. The second-order valence-corrected chi connectivity index (χ2v) is 31.7. The average molecular weight is 1060 g/mol. The van der Waals surface area contributed by atoms with Crippen LogP contribution in [0.1, 0.15) is 219 Å². The molecule has 3 aliphatic carbocycles. The Morgan fingerprint density at radius 2 is 0.762 bits per heavy atom. The molecule has 0 saturated carbocycles. The van der Waals surface area contributed by atoms with E-state index in [9.17, 15) is 0 Å². The molecule has 12 rings (SSSR count). The maximum atomic E-state index is 2.75. The third-order valence-corrected chi connectivity index (χ3v) is 20.9. The molecule has 0 radical (unpaired) electrons. The molecule has 7 aromatic rings. The predicted molar refractivity (Wildman–Crippen MR) is 348 cm³/mol. The molecule has 0 unspecified atom stereocenters. The standard InChI is InChI=1S/C76H92BN3/c1-47-39-66-68-67(40-47)80(63-45-59-56(41-48(63)2)72(11,12)35-37-75(59,17)18)65-46-60-58(74(15,16)36-38-76(60,19)20)44-62(65)77(68)61-32-30-54(43-64(61)79(66)53-29-31-55-57(42-53)73(13,14)34-33-71(55,9)10)78(51-25-21-49(22-26-51)69(3,4)5)52-27-23-50(24-28-52)70(6,7)8/h21-32,39-46H,33-38H2,1-20H3. The Labute approximate surface area is 483 Å². The maximum Gasteiger partial charge on any atom is 0.252 e. The van der Waals surface area contributed by atoms with Crippen LogP contribution < -0.4 is 31.1 Å². The SMILES string of the molecule is Cc1cc2c3c(c1)N(c1cc4c(cc1C)C(C)(C)CCC4(C)C)c1cc4c(cc1B3c1ccc(N(c3ccc(C(C)(C)C)cc3)c3ccc(C(C)(C)C)cc3)cc1N2c1ccc2c(c1)C(C)(C)CCC2(C)C)C(C)(C)CCC4(C)C. The van der Waals surface area contributed by atoms with E-state index < -0.39 is 0 Å². The van der Waals surface area contributed by atoms with E-state index in [0.29, 0.717) is 0 Å². The summed E-state index contributed by atoms with van der Waals surface area (Å²) in [6.07, 6.45) is 7.05. The van der Waals surface area contributed by atoms with Crippen LogP contribution in [-0.4, -0.2) is 6.71 Å². The van der Waals surface area contributed by atoms with Crippen molar-refractivity contribution in [1.29, 1.82) is 0 Å². The number of anilines is 9. The molecule has 0 bridgehead atoms. The highest BCUT2D eigenvalue weighted by atomic mass is 15.2. The Bertz CT molecular complexity index is 3600. The molecule has 0 spiro atoms. The maximum absolute atomic E-state index is 2.75. The molecular weight excluding hydrogens is 966 g/mol. The van der Waals surface area contributed by atoms with Gasteiger partial charge in [0.2, 0.25) is 0 Å². The molecule has 2 heterocycles. The van der Waals surface area contributed by atoms with Crippen LogP contribution in [0.2, 0.25) is 0 Å². The van der Waals surface area contributed by atoms with Crippen molar-refractivity contribution in [3.8, 4) is 0 Å². The number of benzene rings is 7. The van der Waals surface area contributed by atoms with Gasteiger partial charge in [0.05, 0.1) is 0 Å². The average Bonchev–Trinajstić information content (AvgIpc) is 3.07. The topological polar surface area (TPSA) is 9.72 Å². The van der Waals surface area contributed by atoms with Crippen LogP contribution in [0.25, 0.3) is 0 Å². The fourth-order valence-corrected chi connectivity index (χ4v) is 15.2. The van der Waals surface area contributed by atoms with Gasteiger partial charge in [-0.3, -0.25) is 0 Å². The van der Waals surface area contributed by atoms with Gasteiger partial charge in [-0.15, -0.1) is 0 Å². The summed E-state index contributed by atoms with van der Waals surface area (Å²) in [6.45, 7) is 48.4. The first-order chi connectivity index (χ1) is 37.2. The van der Waals surface area contributed by atoms with Gasteiger partial charge in [0.15, 0.2) is 0 Å². The third kappa shape index (κ3) is 8.64. The lowest BCUT2D eigenvalue weighted by atomic mass is 9.33. The van der Waals surface area contributed by atoms with Crippen LogP contribution in [0.5, 0.6) is 0 Å². The van der Waals surface area contributed by atoms with Gasteiger partial charge in [-0.25, -0.2) is 0 Å². The molecule has 0 aromatic heterocycles. The van der Waals surface area contributed by atoms with E-state index >= 15 is 0 Å². The number of hydrogen-bond donors (Lipinski definition) is 0. The summed E-state index contributed by atoms with van der Waals surface area (Å²) in [5.74, 6) is 0. The highest BCUT2D eigenvalue weighted by molar-refractivity contribution is 7.00. The minimum Gasteiger partial charge on any atom is -0.311 e. The lowest BCUT2D eigenvalue weighted by Crippen LogP contribution is -2.62. The summed E-state index contributed by atoms with van der Waals surface area (Å²) in [6, 6.07) is 49.5. The van der Waals surface area contributed by atoms with E-state index in [1.807, 2.05) is 0 Å². The number of nitrogens with zero attached hydrogens (tertiary/aromatic N) is 3. The summed E-state index contributed by atoms with van der Waals surface area (Å²) in [5, 5.41) is 0. The van der Waals surface area contributed by atoms with Gasteiger partial charge in [-0.05, 0) is 241 Å². The number of fused-ring (bicyclic) bond motifs is 7. The third-order valence-electron chi connectivity index (χ3n) is 20.9. The number of aryl methyl sites for hydroxylation is 2. The normalized spacial score (nSPS) is 19.5. The van der Waals surface area contributed by atoms with E-state index in [1.54, 1.807) is 0 Å². The van der Waals surface area contributed by atoms with Crippen molar-refractivity contribution in [1.82, 2.24) is 0 Å². The van der Waals surface area contributed by atoms with E-state index in [4.69, 9.17) is 0 Å². The second-order valence-electron chi connectivity index (χ2n) is 31.7. The second kappa shape index (κ2) is 17.8. The molecule has 0 amide bonds. The zero-order chi connectivity index (χ0) is 57.4. The minimum atomic E-state index is -0.00909. The Morgan fingerprint density at radius 1 is 0.362 bits per heavy atom. The Balaban J connectivity index is 1.18. The van der Waals surface area contributed by atoms with Crippen molar-refractivity contribution in [3.63, 3.8) is 0 Å². The van der Waals surface area contributed by atoms with Crippen LogP contribution >= 0.6 is 0 Å². The highest BCUT2D eigenvalue weighted by Gasteiger charge is 2.48. The van der Waals surface area contributed by atoms with Crippen molar-refractivity contribution < 1.29 is 0 Å². The van der Waals surface area contributed by atoms with Crippen LogP contribution in [0.15, 0.2) is 121 Å². The van der Waals surface area contributed by atoms with E-state index in [0.717, 1.165) is 23.5 Å². The van der Waals surface area contributed by atoms with Crippen LogP contribution in [0.3, 0.4) is 0 Å². The predicted octanol–water partition coefficient (Wildman–Crippen LogP) is 19.5. The fourth-order valence-electron chi connectivity index (χ4n) is 15.2. The largest absolute Gasteiger partial charge is 0.311 e. The molecule has 3 nitrogen and oxygen atoms in total. The van der Waals surface area contributed by atoms with Gasteiger partial charge in [-0.2, -0.15) is 0 Å². The zero-order valence-corrected chi connectivity index (χ0v) is 52.7. The van der Waals surface area contributed by atoms with Crippen LogP contribution in [0, 0.1) is 13.8 Å². The first-order valence-corrected chi connectivity index (χ1v) is 30.6. The van der Waals surface area contributed by atoms with Crippen molar-refractivity contribution >= 4 is 74.3 Å². The zero-order valence-electron chi connectivity index (χ0n) is 52.7. The summed E-state index contributed by atoms with van der Waals surface area (Å²) in [7, 11) is 0. The van der Waals surface area contributed by atoms with Gasteiger partial charge in [-0.1, -0.05) is 173 Å². The molecule has 414 valence electrons. The molecule has 80 heavy (non-hydrogen) atoms. The van der Waals surface area contributed by atoms with Gasteiger partial charge < -0.3 is 14.7 Å². The minimum absolute atomic E-state index is 0.00909. The van der Waals surface area contributed by atoms with E-state index in [-0.39, 0.29) is 50.0 Å². The summed E-state index contributed by atoms with van der Waals surface area (Å²) in [5.41, 5.74) is 30.1. The van der Waals surface area contributed by atoms with Crippen molar-refractivity contribution in [2.75, 3.05) is 14.7 Å². The molecule has 4 heteroatoms. The molecule has 0 fully saturated rings. The van der Waals surface area contributed by atoms with Crippen molar-refractivity contribution in [2.45, 2.75) is 220 Å². The quantitative estimate of drug-likeness (QED) is 0.159. The first-order valence-electron chi connectivity index (χ1n) is 30.6. The van der Waals surface area contributed by atoms with Gasteiger partial charge in [0.25, 0.3) is 6.71 Å². The molecule has 0 atom stereocenters. The smallest absolute Gasteiger partial charge is 0.252 e. The number of rotatable bonds is 5. The first kappa shape index (κ1) is 54.6. The molecule has 7 aromatic carbocycles. The molecule has 0 N–H and O–H groups in total. The van der Waals surface area contributed by atoms with Gasteiger partial charge >= 0.3 is 0 Å². The molecule has 2 aliphatic heterocycles. The van der Waals surface area contributed by atoms with E-state index in [1.165, 1.54) is 138 Å². The Hall–Kier alpha value is -6.00. The van der Waals surface area contributed by atoms with Crippen molar-refractivity contribution in [2.24, 2.45) is 0 Å². The summed E-state index contributed by atoms with van der Waals surface area (Å²) < 4.78 is 0. The molecule has 0 saturated heterocycles.